The number of ether oxygens (including phenoxy) is 1. The molecule has 0 aliphatic carbocycles. The van der Waals surface area contributed by atoms with Crippen LogP contribution in [0.2, 0.25) is 5.02 Å². The molecule has 0 amide bonds. The molecule has 0 bridgehead atoms. The first-order chi connectivity index (χ1) is 8.75. The molecule has 0 spiro atoms. The molecule has 1 aliphatic heterocycles. The highest BCUT2D eigenvalue weighted by Gasteiger charge is 2.30. The normalized spacial score (nSPS) is 22.1. The lowest BCUT2D eigenvalue weighted by Crippen LogP contribution is -2.24. The zero-order valence-corrected chi connectivity index (χ0v) is 10.5. The fourth-order valence-electron chi connectivity index (χ4n) is 2.33. The lowest BCUT2D eigenvalue weighted by Gasteiger charge is -2.30. The van der Waals surface area contributed by atoms with Crippen LogP contribution in [0.25, 0.3) is 0 Å². The van der Waals surface area contributed by atoms with Gasteiger partial charge in [-0.2, -0.15) is 0 Å². The molecule has 2 aromatic carbocycles. The van der Waals surface area contributed by atoms with Gasteiger partial charge in [0.15, 0.2) is 0 Å². The summed E-state index contributed by atoms with van der Waals surface area (Å²) in [5.74, 6) is 0.729. The van der Waals surface area contributed by atoms with Gasteiger partial charge in [0.1, 0.15) is 5.75 Å². The van der Waals surface area contributed by atoms with Gasteiger partial charge in [0, 0.05) is 16.5 Å². The Bertz CT molecular complexity index is 551. The van der Waals surface area contributed by atoms with Gasteiger partial charge in [-0.25, -0.2) is 0 Å². The third kappa shape index (κ3) is 1.98. The Morgan fingerprint density at radius 1 is 1.06 bits per heavy atom. The third-order valence-corrected chi connectivity index (χ3v) is 3.59. The predicted molar refractivity (Wildman–Crippen MR) is 71.1 cm³/mol. The van der Waals surface area contributed by atoms with Crippen LogP contribution >= 0.6 is 11.6 Å². The molecule has 3 heteroatoms. The summed E-state index contributed by atoms with van der Waals surface area (Å²) in [6.45, 7) is 0.486. The highest BCUT2D eigenvalue weighted by Crippen LogP contribution is 2.40. The van der Waals surface area contributed by atoms with E-state index in [4.69, 9.17) is 16.3 Å². The van der Waals surface area contributed by atoms with E-state index in [1.807, 2.05) is 48.5 Å². The topological polar surface area (TPSA) is 29.5 Å². The van der Waals surface area contributed by atoms with E-state index >= 15 is 0 Å². The minimum absolute atomic E-state index is 0.0443. The van der Waals surface area contributed by atoms with Crippen LogP contribution < -0.4 is 4.74 Å². The Kier molecular flexibility index (Phi) is 2.98. The number of aliphatic hydroxyl groups excluding tert-OH is 1. The second kappa shape index (κ2) is 4.63. The molecule has 0 saturated heterocycles. The van der Waals surface area contributed by atoms with E-state index < -0.39 is 6.10 Å². The first-order valence-corrected chi connectivity index (χ1v) is 6.29. The summed E-state index contributed by atoms with van der Waals surface area (Å²) in [6.07, 6.45) is -0.531. The number of hydrogen-bond donors (Lipinski definition) is 1. The summed E-state index contributed by atoms with van der Waals surface area (Å²) in [6, 6.07) is 15.2. The summed E-state index contributed by atoms with van der Waals surface area (Å²) in [4.78, 5) is 0. The van der Waals surface area contributed by atoms with E-state index in [1.165, 1.54) is 0 Å². The monoisotopic (exact) mass is 260 g/mol. The average Bonchev–Trinajstić information content (AvgIpc) is 2.41. The predicted octanol–water partition coefficient (Wildman–Crippen LogP) is 3.55. The second-order valence-corrected chi connectivity index (χ2v) is 4.89. The molecular formula is C15H13ClO2. The molecule has 0 unspecified atom stereocenters. The number of para-hydroxylation sites is 1. The average molecular weight is 261 g/mol. The van der Waals surface area contributed by atoms with Crippen molar-refractivity contribution in [2.75, 3.05) is 6.61 Å². The fourth-order valence-corrected chi connectivity index (χ4v) is 2.46. The van der Waals surface area contributed by atoms with Crippen LogP contribution in [0.5, 0.6) is 5.75 Å². The largest absolute Gasteiger partial charge is 0.492 e. The molecule has 3 rings (SSSR count). The number of rotatable bonds is 1. The van der Waals surface area contributed by atoms with Crippen molar-refractivity contribution in [2.45, 2.75) is 12.0 Å². The van der Waals surface area contributed by atoms with Crippen molar-refractivity contribution >= 4 is 11.6 Å². The molecule has 1 heterocycles. The lowest BCUT2D eigenvalue weighted by molar-refractivity contribution is 0.0890. The van der Waals surface area contributed by atoms with Crippen molar-refractivity contribution in [1.82, 2.24) is 0 Å². The zero-order valence-electron chi connectivity index (χ0n) is 9.71. The number of fused-ring (bicyclic) bond motifs is 1. The third-order valence-electron chi connectivity index (χ3n) is 3.34. The van der Waals surface area contributed by atoms with Crippen molar-refractivity contribution in [3.05, 3.63) is 64.7 Å². The molecule has 2 nitrogen and oxygen atoms in total. The van der Waals surface area contributed by atoms with Crippen LogP contribution in [0, 0.1) is 0 Å². The van der Waals surface area contributed by atoms with Gasteiger partial charge in [0.05, 0.1) is 12.7 Å². The van der Waals surface area contributed by atoms with E-state index in [-0.39, 0.29) is 5.92 Å². The Labute approximate surface area is 111 Å². The van der Waals surface area contributed by atoms with Crippen molar-refractivity contribution in [1.29, 1.82) is 0 Å². The molecule has 18 heavy (non-hydrogen) atoms. The minimum atomic E-state index is -0.531. The Hall–Kier alpha value is -1.51. The van der Waals surface area contributed by atoms with E-state index in [1.54, 1.807) is 0 Å². The van der Waals surface area contributed by atoms with Gasteiger partial charge >= 0.3 is 0 Å². The Morgan fingerprint density at radius 2 is 1.78 bits per heavy atom. The molecule has 0 radical (unpaired) electrons. The maximum atomic E-state index is 10.4. The maximum Gasteiger partial charge on any atom is 0.125 e. The van der Waals surface area contributed by atoms with Crippen LogP contribution in [0.15, 0.2) is 48.5 Å². The smallest absolute Gasteiger partial charge is 0.125 e. The second-order valence-electron chi connectivity index (χ2n) is 4.45. The summed E-state index contributed by atoms with van der Waals surface area (Å²) in [7, 11) is 0. The number of hydrogen-bond acceptors (Lipinski definition) is 2. The first kappa shape index (κ1) is 11.6. The van der Waals surface area contributed by atoms with Crippen LogP contribution in [-0.4, -0.2) is 11.7 Å². The number of aliphatic hydroxyl groups is 1. The highest BCUT2D eigenvalue weighted by molar-refractivity contribution is 6.30. The van der Waals surface area contributed by atoms with E-state index in [2.05, 4.69) is 0 Å². The standard InChI is InChI=1S/C15H13ClO2/c16-11-7-5-10(6-8-11)13-9-18-14-4-2-1-3-12(14)15(13)17/h1-8,13,15,17H,9H2/t13-,15+/m0/s1. The van der Waals surface area contributed by atoms with E-state index in [9.17, 15) is 5.11 Å². The van der Waals surface area contributed by atoms with Crippen molar-refractivity contribution in [2.24, 2.45) is 0 Å². The van der Waals surface area contributed by atoms with Crippen molar-refractivity contribution < 1.29 is 9.84 Å². The van der Waals surface area contributed by atoms with Crippen molar-refractivity contribution in [3.63, 3.8) is 0 Å². The van der Waals surface area contributed by atoms with Gasteiger partial charge in [-0.05, 0) is 23.8 Å². The van der Waals surface area contributed by atoms with Gasteiger partial charge in [-0.3, -0.25) is 0 Å². The van der Waals surface area contributed by atoms with Crippen LogP contribution in [0.4, 0.5) is 0 Å². The number of halogens is 1. The molecule has 0 fully saturated rings. The SMILES string of the molecule is O[C@@H]1c2ccccc2OC[C@H]1c1ccc(Cl)cc1. The zero-order chi connectivity index (χ0) is 12.5. The molecule has 92 valence electrons. The highest BCUT2D eigenvalue weighted by atomic mass is 35.5. The molecule has 0 saturated carbocycles. The maximum absolute atomic E-state index is 10.4. The Morgan fingerprint density at radius 3 is 2.56 bits per heavy atom. The molecule has 0 aromatic heterocycles. The molecular weight excluding hydrogens is 248 g/mol. The molecule has 2 atom stereocenters. The quantitative estimate of drug-likeness (QED) is 0.850. The summed E-state index contributed by atoms with van der Waals surface area (Å²) < 4.78 is 5.70. The van der Waals surface area contributed by atoms with Gasteiger partial charge in [-0.15, -0.1) is 0 Å². The first-order valence-electron chi connectivity index (χ1n) is 5.91. The van der Waals surface area contributed by atoms with Gasteiger partial charge in [0.2, 0.25) is 0 Å². The van der Waals surface area contributed by atoms with Gasteiger partial charge < -0.3 is 9.84 Å². The Balaban J connectivity index is 1.95. The van der Waals surface area contributed by atoms with E-state index in [0.29, 0.717) is 11.6 Å². The van der Waals surface area contributed by atoms with Crippen LogP contribution in [-0.2, 0) is 0 Å². The molecule has 1 aliphatic rings. The number of benzene rings is 2. The van der Waals surface area contributed by atoms with Crippen LogP contribution in [0.3, 0.4) is 0 Å². The van der Waals surface area contributed by atoms with Gasteiger partial charge in [0.25, 0.3) is 0 Å². The minimum Gasteiger partial charge on any atom is -0.492 e. The molecule has 1 N–H and O–H groups in total. The summed E-state index contributed by atoms with van der Waals surface area (Å²) in [5.41, 5.74) is 1.89. The van der Waals surface area contributed by atoms with Crippen LogP contribution in [0.1, 0.15) is 23.1 Å². The van der Waals surface area contributed by atoms with E-state index in [0.717, 1.165) is 16.9 Å². The molecule has 2 aromatic rings. The van der Waals surface area contributed by atoms with Gasteiger partial charge in [-0.1, -0.05) is 41.9 Å². The lowest BCUT2D eigenvalue weighted by atomic mass is 9.87. The summed E-state index contributed by atoms with van der Waals surface area (Å²) >= 11 is 5.87. The fraction of sp³-hybridized carbons (Fsp3) is 0.200. The summed E-state index contributed by atoms with van der Waals surface area (Å²) in [5, 5.41) is 11.1. The van der Waals surface area contributed by atoms with Crippen molar-refractivity contribution in [3.8, 4) is 5.75 Å².